The first kappa shape index (κ1) is 20.3. The van der Waals surface area contributed by atoms with Crippen LogP contribution in [0.25, 0.3) is 0 Å². The average molecular weight is 438 g/mol. The third kappa shape index (κ3) is 4.16. The number of amides is 1. The van der Waals surface area contributed by atoms with Crippen molar-refractivity contribution in [3.05, 3.63) is 63.3 Å². The Labute approximate surface area is 177 Å². The van der Waals surface area contributed by atoms with Crippen molar-refractivity contribution in [1.29, 1.82) is 0 Å². The molecular weight excluding hydrogens is 421 g/mol. The van der Waals surface area contributed by atoms with Crippen LogP contribution < -0.4 is 20.7 Å². The number of allylic oxidation sites excluding steroid dienone is 1. The van der Waals surface area contributed by atoms with E-state index in [2.05, 4.69) is 16.0 Å². The molecule has 0 aliphatic carbocycles. The van der Waals surface area contributed by atoms with Crippen LogP contribution in [0.5, 0.6) is 11.5 Å². The second-order valence-corrected chi connectivity index (χ2v) is 7.33. The predicted octanol–water partition coefficient (Wildman–Crippen LogP) is 4.14. The van der Waals surface area contributed by atoms with E-state index in [1.807, 2.05) is 0 Å². The van der Waals surface area contributed by atoms with Crippen LogP contribution in [-0.2, 0) is 4.79 Å². The van der Waals surface area contributed by atoms with Crippen LogP contribution in [0.3, 0.4) is 0 Å². The van der Waals surface area contributed by atoms with Gasteiger partial charge in [0.2, 0.25) is 0 Å². The van der Waals surface area contributed by atoms with Crippen molar-refractivity contribution in [2.24, 2.45) is 0 Å². The lowest BCUT2D eigenvalue weighted by Gasteiger charge is -2.30. The predicted molar refractivity (Wildman–Crippen MR) is 114 cm³/mol. The van der Waals surface area contributed by atoms with Gasteiger partial charge in [-0.05, 0) is 55.0 Å². The molecule has 28 heavy (non-hydrogen) atoms. The summed E-state index contributed by atoms with van der Waals surface area (Å²) >= 11 is 17.3. The number of nitrogens with one attached hydrogen (secondary N) is 3. The Hall–Kier alpha value is -2.48. The Bertz CT molecular complexity index is 994. The summed E-state index contributed by atoms with van der Waals surface area (Å²) in [5, 5.41) is 19.9. The van der Waals surface area contributed by atoms with Gasteiger partial charge < -0.3 is 25.8 Å². The summed E-state index contributed by atoms with van der Waals surface area (Å²) in [6.07, 6.45) is 0. The maximum atomic E-state index is 13.1. The zero-order valence-electron chi connectivity index (χ0n) is 15.0. The van der Waals surface area contributed by atoms with E-state index < -0.39 is 6.04 Å². The summed E-state index contributed by atoms with van der Waals surface area (Å²) in [6.45, 7) is 1.76. The summed E-state index contributed by atoms with van der Waals surface area (Å²) in [7, 11) is 1.45. The maximum absolute atomic E-state index is 13.1. The second kappa shape index (κ2) is 8.26. The Balaban J connectivity index is 1.98. The van der Waals surface area contributed by atoms with Crippen molar-refractivity contribution in [2.75, 3.05) is 12.4 Å². The minimum absolute atomic E-state index is 0.00223. The minimum Gasteiger partial charge on any atom is -0.504 e. The van der Waals surface area contributed by atoms with Gasteiger partial charge in [-0.3, -0.25) is 4.79 Å². The van der Waals surface area contributed by atoms with Gasteiger partial charge in [-0.15, -0.1) is 0 Å². The van der Waals surface area contributed by atoms with Gasteiger partial charge in [0.05, 0.1) is 29.4 Å². The van der Waals surface area contributed by atoms with Gasteiger partial charge in [0.15, 0.2) is 16.6 Å². The molecule has 0 bridgehead atoms. The van der Waals surface area contributed by atoms with Crippen molar-refractivity contribution >= 4 is 52.1 Å². The molecule has 9 heteroatoms. The largest absolute Gasteiger partial charge is 0.504 e. The summed E-state index contributed by atoms with van der Waals surface area (Å²) in [5.41, 5.74) is 2.16. The smallest absolute Gasteiger partial charge is 0.255 e. The quantitative estimate of drug-likeness (QED) is 0.538. The molecule has 1 aliphatic rings. The van der Waals surface area contributed by atoms with Crippen molar-refractivity contribution in [3.63, 3.8) is 0 Å². The highest BCUT2D eigenvalue weighted by molar-refractivity contribution is 7.80. The maximum Gasteiger partial charge on any atom is 0.255 e. The highest BCUT2D eigenvalue weighted by Crippen LogP contribution is 2.34. The Morgan fingerprint density at radius 3 is 2.68 bits per heavy atom. The number of halogens is 2. The van der Waals surface area contributed by atoms with E-state index in [4.69, 9.17) is 40.2 Å². The fourth-order valence-corrected chi connectivity index (χ4v) is 3.63. The number of benzene rings is 2. The first-order valence-corrected chi connectivity index (χ1v) is 9.38. The monoisotopic (exact) mass is 437 g/mol. The van der Waals surface area contributed by atoms with Crippen LogP contribution in [0, 0.1) is 0 Å². The zero-order valence-corrected chi connectivity index (χ0v) is 17.3. The van der Waals surface area contributed by atoms with Gasteiger partial charge in [0.25, 0.3) is 5.91 Å². The first-order valence-electron chi connectivity index (χ1n) is 8.21. The molecule has 1 amide bonds. The van der Waals surface area contributed by atoms with Crippen LogP contribution in [-0.4, -0.2) is 23.2 Å². The van der Waals surface area contributed by atoms with E-state index in [9.17, 15) is 9.90 Å². The molecule has 1 atom stereocenters. The first-order chi connectivity index (χ1) is 13.3. The van der Waals surface area contributed by atoms with E-state index in [-0.39, 0.29) is 11.7 Å². The molecule has 0 radical (unpaired) electrons. The van der Waals surface area contributed by atoms with Crippen molar-refractivity contribution in [3.8, 4) is 11.5 Å². The van der Waals surface area contributed by atoms with Gasteiger partial charge in [0.1, 0.15) is 0 Å². The number of hydrogen-bond acceptors (Lipinski definition) is 4. The van der Waals surface area contributed by atoms with Gasteiger partial charge in [-0.2, -0.15) is 0 Å². The molecule has 6 nitrogen and oxygen atoms in total. The topological polar surface area (TPSA) is 82.6 Å². The van der Waals surface area contributed by atoms with Crippen LogP contribution in [0.4, 0.5) is 5.69 Å². The molecule has 3 rings (SSSR count). The number of aromatic hydroxyl groups is 1. The molecule has 2 aromatic rings. The number of hydrogen-bond donors (Lipinski definition) is 4. The SMILES string of the molecule is COc1cc(C2NC(=S)NC(C)=C2C(=O)Nc2ccc(Cl)cc2Cl)ccc1O. The number of carbonyl (C=O) groups excluding carboxylic acids is 1. The lowest BCUT2D eigenvalue weighted by Crippen LogP contribution is -2.45. The molecule has 1 aliphatic heterocycles. The zero-order chi connectivity index (χ0) is 20.4. The molecular formula is C19H17Cl2N3O3S. The number of ether oxygens (including phenoxy) is 1. The average Bonchev–Trinajstić information content (AvgIpc) is 2.63. The fraction of sp³-hybridized carbons (Fsp3) is 0.158. The van der Waals surface area contributed by atoms with E-state index in [1.165, 1.54) is 13.2 Å². The molecule has 1 unspecified atom stereocenters. The number of thiocarbonyl (C=S) groups is 1. The van der Waals surface area contributed by atoms with Crippen LogP contribution >= 0.6 is 35.4 Å². The van der Waals surface area contributed by atoms with Gasteiger partial charge in [-0.25, -0.2) is 0 Å². The Morgan fingerprint density at radius 2 is 2.00 bits per heavy atom. The molecule has 4 N–H and O–H groups in total. The van der Waals surface area contributed by atoms with E-state index in [0.29, 0.717) is 43.4 Å². The van der Waals surface area contributed by atoms with Crippen molar-refractivity contribution in [1.82, 2.24) is 10.6 Å². The highest BCUT2D eigenvalue weighted by atomic mass is 35.5. The molecule has 0 saturated carbocycles. The number of methoxy groups -OCH3 is 1. The number of rotatable bonds is 4. The summed E-state index contributed by atoms with van der Waals surface area (Å²) in [6, 6.07) is 9.12. The molecule has 0 spiro atoms. The van der Waals surface area contributed by atoms with Crippen LogP contribution in [0.2, 0.25) is 10.0 Å². The van der Waals surface area contributed by atoms with Crippen molar-refractivity contribution < 1.29 is 14.6 Å². The number of anilines is 1. The Kier molecular flexibility index (Phi) is 5.98. The Morgan fingerprint density at radius 1 is 1.25 bits per heavy atom. The summed E-state index contributed by atoms with van der Waals surface area (Å²) in [4.78, 5) is 13.1. The summed E-state index contributed by atoms with van der Waals surface area (Å²) < 4.78 is 5.18. The van der Waals surface area contributed by atoms with E-state index >= 15 is 0 Å². The lowest BCUT2D eigenvalue weighted by atomic mass is 9.94. The molecule has 0 saturated heterocycles. The number of phenols is 1. The fourth-order valence-electron chi connectivity index (χ4n) is 2.90. The third-order valence-corrected chi connectivity index (χ3v) is 5.00. The van der Waals surface area contributed by atoms with Gasteiger partial charge in [-0.1, -0.05) is 29.3 Å². The van der Waals surface area contributed by atoms with E-state index in [0.717, 1.165) is 0 Å². The van der Waals surface area contributed by atoms with Crippen LogP contribution in [0.1, 0.15) is 18.5 Å². The molecule has 1 heterocycles. The minimum atomic E-state index is -0.547. The van der Waals surface area contributed by atoms with Gasteiger partial charge >= 0.3 is 0 Å². The normalized spacial score (nSPS) is 16.3. The highest BCUT2D eigenvalue weighted by Gasteiger charge is 2.30. The molecule has 0 aromatic heterocycles. The third-order valence-electron chi connectivity index (χ3n) is 4.23. The molecule has 0 fully saturated rings. The molecule has 146 valence electrons. The van der Waals surface area contributed by atoms with Gasteiger partial charge in [0, 0.05) is 10.7 Å². The number of phenolic OH excluding ortho intramolecular Hbond substituents is 1. The number of carbonyl (C=O) groups is 1. The van der Waals surface area contributed by atoms with E-state index in [1.54, 1.807) is 37.3 Å². The standard InChI is InChI=1S/C19H17Cl2N3O3S/c1-9-16(18(26)23-13-5-4-11(20)8-12(13)21)17(24-19(28)22-9)10-3-6-14(25)15(7-10)27-2/h3-8,17,25H,1-2H3,(H,23,26)(H2,22,24,28). The molecule has 2 aromatic carbocycles. The van der Waals surface area contributed by atoms with Crippen LogP contribution in [0.15, 0.2) is 47.7 Å². The second-order valence-electron chi connectivity index (χ2n) is 6.08. The van der Waals surface area contributed by atoms with Crippen molar-refractivity contribution in [2.45, 2.75) is 13.0 Å². The lowest BCUT2D eigenvalue weighted by molar-refractivity contribution is -0.113. The summed E-state index contributed by atoms with van der Waals surface area (Å²) in [5.74, 6) is -0.0643.